The molecule has 0 aromatic carbocycles. The molecule has 0 saturated heterocycles. The van der Waals surface area contributed by atoms with Crippen LogP contribution in [0.25, 0.3) is 16.5 Å². The van der Waals surface area contributed by atoms with Crippen molar-refractivity contribution >= 4 is 17.4 Å². The lowest BCUT2D eigenvalue weighted by molar-refractivity contribution is 0.995. The van der Waals surface area contributed by atoms with Crippen LogP contribution in [0.1, 0.15) is 22.0 Å². The van der Waals surface area contributed by atoms with E-state index >= 15 is 0 Å². The fraction of sp³-hybridized carbons (Fsp3) is 0.444. The molecule has 0 aliphatic carbocycles. The topological polar surface area (TPSA) is 61.7 Å². The molecule has 1 rings (SSSR count). The van der Waals surface area contributed by atoms with Gasteiger partial charge in [0, 0.05) is 16.3 Å². The van der Waals surface area contributed by atoms with Gasteiger partial charge in [-0.25, -0.2) is 4.98 Å². The number of hydrogen-bond donors (Lipinski definition) is 0. The largest absolute Gasteiger partial charge is 0.242 e. The van der Waals surface area contributed by atoms with Crippen molar-refractivity contribution in [3.8, 4) is 0 Å². The molecule has 0 aliphatic rings. The molecule has 5 heteroatoms. The molecule has 0 bridgehead atoms. The van der Waals surface area contributed by atoms with E-state index in [1.165, 1.54) is 4.88 Å². The SMILES string of the molecule is Cc1nc(C=CCCN=[N+]=[N-])sc1C. The van der Waals surface area contributed by atoms with Gasteiger partial charge in [-0.1, -0.05) is 11.2 Å². The molecule has 0 N–H and O–H groups in total. The van der Waals surface area contributed by atoms with Gasteiger partial charge in [-0.05, 0) is 31.9 Å². The molecule has 0 radical (unpaired) electrons. The number of aromatic nitrogens is 1. The van der Waals surface area contributed by atoms with E-state index in [0.717, 1.165) is 17.1 Å². The Morgan fingerprint density at radius 1 is 1.57 bits per heavy atom. The first-order valence-corrected chi connectivity index (χ1v) is 5.17. The molecule has 0 aliphatic heterocycles. The summed E-state index contributed by atoms with van der Waals surface area (Å²) in [6.07, 6.45) is 4.71. The van der Waals surface area contributed by atoms with Crippen LogP contribution in [-0.4, -0.2) is 11.5 Å². The minimum atomic E-state index is 0.510. The highest BCUT2D eigenvalue weighted by Gasteiger charge is 1.98. The number of aryl methyl sites for hydroxylation is 2. The summed E-state index contributed by atoms with van der Waals surface area (Å²) in [5.74, 6) is 0. The van der Waals surface area contributed by atoms with E-state index in [0.29, 0.717) is 6.54 Å². The molecule has 0 saturated carbocycles. The van der Waals surface area contributed by atoms with Crippen molar-refractivity contribution in [2.24, 2.45) is 5.11 Å². The van der Waals surface area contributed by atoms with Crippen LogP contribution in [0, 0.1) is 13.8 Å². The van der Waals surface area contributed by atoms with Crippen LogP contribution in [0.2, 0.25) is 0 Å². The van der Waals surface area contributed by atoms with E-state index in [2.05, 4.69) is 21.9 Å². The molecule has 0 atom stereocenters. The minimum Gasteiger partial charge on any atom is -0.242 e. The molecular weight excluding hydrogens is 196 g/mol. The number of nitrogens with zero attached hydrogens (tertiary/aromatic N) is 4. The standard InChI is InChI=1S/C9H12N4S/c1-7-8(2)14-9(12-7)5-3-4-6-11-13-10/h3,5H,4,6H2,1-2H3. The molecule has 0 spiro atoms. The van der Waals surface area contributed by atoms with Gasteiger partial charge in [0.05, 0.1) is 5.69 Å². The molecule has 1 aromatic rings. The van der Waals surface area contributed by atoms with Crippen molar-refractivity contribution < 1.29 is 0 Å². The molecule has 4 nitrogen and oxygen atoms in total. The maximum atomic E-state index is 8.05. The maximum Gasteiger partial charge on any atom is 0.116 e. The first-order chi connectivity index (χ1) is 6.74. The van der Waals surface area contributed by atoms with Crippen molar-refractivity contribution in [3.63, 3.8) is 0 Å². The average molecular weight is 208 g/mol. The zero-order chi connectivity index (χ0) is 10.4. The molecule has 0 fully saturated rings. The molecule has 0 unspecified atom stereocenters. The third-order valence-corrected chi connectivity index (χ3v) is 2.80. The predicted molar refractivity (Wildman–Crippen MR) is 59.3 cm³/mol. The second kappa shape index (κ2) is 5.42. The van der Waals surface area contributed by atoms with Gasteiger partial charge in [-0.2, -0.15) is 0 Å². The zero-order valence-electron chi connectivity index (χ0n) is 8.27. The highest BCUT2D eigenvalue weighted by atomic mass is 32.1. The first-order valence-electron chi connectivity index (χ1n) is 4.35. The van der Waals surface area contributed by atoms with Gasteiger partial charge >= 0.3 is 0 Å². The third-order valence-electron chi connectivity index (χ3n) is 1.76. The van der Waals surface area contributed by atoms with Crippen LogP contribution in [0.3, 0.4) is 0 Å². The van der Waals surface area contributed by atoms with Gasteiger partial charge in [0.2, 0.25) is 0 Å². The van der Waals surface area contributed by atoms with Gasteiger partial charge in [0.1, 0.15) is 5.01 Å². The smallest absolute Gasteiger partial charge is 0.116 e. The normalized spacial score (nSPS) is 10.4. The Bertz CT molecular complexity index is 355. The predicted octanol–water partition coefficient (Wildman–Crippen LogP) is 3.47. The zero-order valence-corrected chi connectivity index (χ0v) is 9.08. The first kappa shape index (κ1) is 10.8. The highest BCUT2D eigenvalue weighted by molar-refractivity contribution is 7.12. The van der Waals surface area contributed by atoms with E-state index in [-0.39, 0.29) is 0 Å². The van der Waals surface area contributed by atoms with Crippen molar-refractivity contribution in [3.05, 3.63) is 32.1 Å². The van der Waals surface area contributed by atoms with Crippen LogP contribution in [0.5, 0.6) is 0 Å². The van der Waals surface area contributed by atoms with Gasteiger partial charge < -0.3 is 0 Å². The lowest BCUT2D eigenvalue weighted by Crippen LogP contribution is -1.74. The minimum absolute atomic E-state index is 0.510. The van der Waals surface area contributed by atoms with Gasteiger partial charge in [-0.15, -0.1) is 11.3 Å². The van der Waals surface area contributed by atoms with E-state index in [4.69, 9.17) is 5.53 Å². The monoisotopic (exact) mass is 208 g/mol. The fourth-order valence-electron chi connectivity index (χ4n) is 0.930. The molecule has 74 valence electrons. The summed E-state index contributed by atoms with van der Waals surface area (Å²) in [7, 11) is 0. The van der Waals surface area contributed by atoms with Gasteiger partial charge in [0.25, 0.3) is 0 Å². The van der Waals surface area contributed by atoms with Crippen molar-refractivity contribution in [1.29, 1.82) is 0 Å². The molecule has 0 amide bonds. The van der Waals surface area contributed by atoms with E-state index in [1.54, 1.807) is 11.3 Å². The summed E-state index contributed by atoms with van der Waals surface area (Å²) in [5, 5.41) is 4.45. The Morgan fingerprint density at radius 3 is 2.93 bits per heavy atom. The lowest BCUT2D eigenvalue weighted by Gasteiger charge is -1.83. The third kappa shape index (κ3) is 3.20. The number of azide groups is 1. The summed E-state index contributed by atoms with van der Waals surface area (Å²) in [5.41, 5.74) is 9.13. The Hall–Kier alpha value is -1.32. The molecular formula is C9H12N4S. The Morgan fingerprint density at radius 2 is 2.36 bits per heavy atom. The van der Waals surface area contributed by atoms with Crippen molar-refractivity contribution in [1.82, 2.24) is 4.98 Å². The van der Waals surface area contributed by atoms with Crippen molar-refractivity contribution in [2.45, 2.75) is 20.3 Å². The van der Waals surface area contributed by atoms with Crippen LogP contribution in [0.4, 0.5) is 0 Å². The molecule has 14 heavy (non-hydrogen) atoms. The Kier molecular flexibility index (Phi) is 4.16. The second-order valence-electron chi connectivity index (χ2n) is 2.84. The average Bonchev–Trinajstić information content (AvgIpc) is 2.46. The highest BCUT2D eigenvalue weighted by Crippen LogP contribution is 2.17. The summed E-state index contributed by atoms with van der Waals surface area (Å²) < 4.78 is 0. The Balaban J connectivity index is 2.47. The summed E-state index contributed by atoms with van der Waals surface area (Å²) in [6, 6.07) is 0. The summed E-state index contributed by atoms with van der Waals surface area (Å²) in [4.78, 5) is 8.28. The number of hydrogen-bond acceptors (Lipinski definition) is 3. The van der Waals surface area contributed by atoms with Crippen molar-refractivity contribution in [2.75, 3.05) is 6.54 Å². The lowest BCUT2D eigenvalue weighted by atomic mass is 10.4. The number of thiazole rings is 1. The Labute approximate surface area is 86.9 Å². The van der Waals surface area contributed by atoms with Gasteiger partial charge in [-0.3, -0.25) is 0 Å². The van der Waals surface area contributed by atoms with Gasteiger partial charge in [0.15, 0.2) is 0 Å². The van der Waals surface area contributed by atoms with Crippen LogP contribution >= 0.6 is 11.3 Å². The summed E-state index contributed by atoms with van der Waals surface area (Å²) in [6.45, 7) is 4.57. The van der Waals surface area contributed by atoms with E-state index in [1.807, 2.05) is 19.1 Å². The van der Waals surface area contributed by atoms with Crippen LogP contribution < -0.4 is 0 Å². The maximum absolute atomic E-state index is 8.05. The van der Waals surface area contributed by atoms with E-state index in [9.17, 15) is 0 Å². The molecule has 1 aromatic heterocycles. The second-order valence-corrected chi connectivity index (χ2v) is 4.07. The van der Waals surface area contributed by atoms with E-state index < -0.39 is 0 Å². The molecule has 1 heterocycles. The fourth-order valence-corrected chi connectivity index (χ4v) is 1.78. The summed E-state index contributed by atoms with van der Waals surface area (Å²) >= 11 is 1.68. The quantitative estimate of drug-likeness (QED) is 0.323. The number of rotatable bonds is 4. The van der Waals surface area contributed by atoms with Crippen LogP contribution in [-0.2, 0) is 0 Å². The van der Waals surface area contributed by atoms with Crippen LogP contribution in [0.15, 0.2) is 11.2 Å².